The molecule has 1 amide bonds. The maximum atomic E-state index is 14.9. The smallest absolute Gasteiger partial charge is 0.274 e. The SMILES string of the molecule is C=CN/C(N=C)=C(\C(=O)N(C)CCCO)N(Cc1ccc(F)cc1)c1cccc(F)c1F.CO. The van der Waals surface area contributed by atoms with E-state index in [1.807, 2.05) is 0 Å². The Morgan fingerprint density at radius 2 is 1.79 bits per heavy atom. The number of hydrogen-bond acceptors (Lipinski definition) is 6. The molecule has 0 unspecified atom stereocenters. The Morgan fingerprint density at radius 3 is 2.35 bits per heavy atom. The number of aliphatic imine (C=N–C) groups is 1. The minimum Gasteiger partial charge on any atom is -0.400 e. The molecule has 0 aromatic heterocycles. The van der Waals surface area contributed by atoms with E-state index in [4.69, 9.17) is 10.2 Å². The number of aliphatic hydroxyl groups excluding tert-OH is 2. The number of aliphatic hydroxyl groups is 2. The van der Waals surface area contributed by atoms with Crippen LogP contribution in [0.15, 0.2) is 71.8 Å². The molecule has 2 aromatic carbocycles. The predicted octanol–water partition coefficient (Wildman–Crippen LogP) is 3.16. The molecule has 2 rings (SSSR count). The summed E-state index contributed by atoms with van der Waals surface area (Å²) in [4.78, 5) is 19.8. The van der Waals surface area contributed by atoms with Gasteiger partial charge in [-0.05, 0) is 49.2 Å². The van der Waals surface area contributed by atoms with E-state index in [-0.39, 0.29) is 36.9 Å². The minimum absolute atomic E-state index is 0.0355. The van der Waals surface area contributed by atoms with Gasteiger partial charge in [0.05, 0.1) is 5.69 Å². The van der Waals surface area contributed by atoms with Crippen molar-refractivity contribution in [1.29, 1.82) is 0 Å². The first-order chi connectivity index (χ1) is 16.3. The van der Waals surface area contributed by atoms with Gasteiger partial charge < -0.3 is 25.3 Å². The fourth-order valence-corrected chi connectivity index (χ4v) is 2.98. The van der Waals surface area contributed by atoms with Crippen LogP contribution in [-0.2, 0) is 11.3 Å². The number of hydrogen-bond donors (Lipinski definition) is 3. The Balaban J connectivity index is 0.00000281. The van der Waals surface area contributed by atoms with E-state index in [1.54, 1.807) is 0 Å². The summed E-state index contributed by atoms with van der Waals surface area (Å²) in [6.07, 6.45) is 1.58. The number of likely N-dealkylation sites (N-methyl/N-ethyl adjacent to an activating group) is 1. The van der Waals surface area contributed by atoms with Gasteiger partial charge in [-0.2, -0.15) is 0 Å². The summed E-state index contributed by atoms with van der Waals surface area (Å²) >= 11 is 0. The average Bonchev–Trinajstić information content (AvgIpc) is 2.85. The van der Waals surface area contributed by atoms with Crippen LogP contribution in [0.5, 0.6) is 0 Å². The average molecular weight is 479 g/mol. The van der Waals surface area contributed by atoms with Gasteiger partial charge in [0.2, 0.25) is 0 Å². The number of rotatable bonds is 11. The number of anilines is 1. The molecule has 0 aliphatic heterocycles. The molecule has 10 heteroatoms. The molecule has 0 radical (unpaired) electrons. The summed E-state index contributed by atoms with van der Waals surface area (Å²) in [5.41, 5.74) is 0.176. The third-order valence-corrected chi connectivity index (χ3v) is 4.57. The maximum absolute atomic E-state index is 14.9. The molecule has 2 aromatic rings. The number of nitrogens with zero attached hydrogens (tertiary/aromatic N) is 3. The molecule has 0 saturated heterocycles. The lowest BCUT2D eigenvalue weighted by molar-refractivity contribution is -0.126. The van der Waals surface area contributed by atoms with E-state index >= 15 is 0 Å². The molecule has 0 aliphatic carbocycles. The standard InChI is InChI=1S/C23H25F3N4O2.CH4O/c1-4-28-22(27-2)21(23(32)29(3)13-6-14-31)30(15-16-9-11-17(24)12-10-16)19-8-5-7-18(25)20(19)26;1-2/h4-5,7-12,28,31H,1-2,6,13-15H2,3H3;2H,1H3/b22-21+;. The second-order valence-electron chi connectivity index (χ2n) is 6.79. The van der Waals surface area contributed by atoms with Gasteiger partial charge in [-0.25, -0.2) is 18.2 Å². The molecule has 7 nitrogen and oxygen atoms in total. The molecular weight excluding hydrogens is 449 g/mol. The summed E-state index contributed by atoms with van der Waals surface area (Å²) in [5, 5.41) is 18.8. The first kappa shape index (κ1) is 28.4. The van der Waals surface area contributed by atoms with Crippen LogP contribution in [0.4, 0.5) is 18.9 Å². The van der Waals surface area contributed by atoms with E-state index < -0.39 is 23.4 Å². The molecule has 0 atom stereocenters. The highest BCUT2D eigenvalue weighted by molar-refractivity contribution is 5.97. The maximum Gasteiger partial charge on any atom is 0.274 e. The quantitative estimate of drug-likeness (QED) is 0.341. The molecule has 0 fully saturated rings. The van der Waals surface area contributed by atoms with Gasteiger partial charge in [0, 0.05) is 33.9 Å². The van der Waals surface area contributed by atoms with Crippen LogP contribution in [0, 0.1) is 17.5 Å². The third kappa shape index (κ3) is 7.46. The van der Waals surface area contributed by atoms with E-state index in [1.165, 1.54) is 59.4 Å². The Morgan fingerprint density at radius 1 is 1.15 bits per heavy atom. The minimum atomic E-state index is -1.17. The third-order valence-electron chi connectivity index (χ3n) is 4.57. The predicted molar refractivity (Wildman–Crippen MR) is 126 cm³/mol. The number of nitrogens with one attached hydrogen (secondary N) is 1. The monoisotopic (exact) mass is 478 g/mol. The fraction of sp³-hybridized carbons (Fsp3) is 0.250. The fourth-order valence-electron chi connectivity index (χ4n) is 2.98. The van der Waals surface area contributed by atoms with Gasteiger partial charge >= 0.3 is 0 Å². The van der Waals surface area contributed by atoms with Crippen molar-refractivity contribution in [1.82, 2.24) is 10.2 Å². The molecular formula is C24H29F3N4O3. The van der Waals surface area contributed by atoms with Gasteiger partial charge in [-0.1, -0.05) is 24.8 Å². The molecule has 0 bridgehead atoms. The van der Waals surface area contributed by atoms with Crippen LogP contribution in [0.25, 0.3) is 0 Å². The molecule has 34 heavy (non-hydrogen) atoms. The molecule has 0 heterocycles. The molecule has 0 aliphatic rings. The zero-order chi connectivity index (χ0) is 25.7. The van der Waals surface area contributed by atoms with Gasteiger partial charge in [0.15, 0.2) is 23.2 Å². The normalized spacial score (nSPS) is 10.9. The largest absolute Gasteiger partial charge is 0.400 e. The number of amides is 1. The van der Waals surface area contributed by atoms with Crippen LogP contribution in [0.1, 0.15) is 12.0 Å². The number of halogens is 3. The Labute approximate surface area is 197 Å². The second-order valence-corrected chi connectivity index (χ2v) is 6.79. The second kappa shape index (κ2) is 14.5. The van der Waals surface area contributed by atoms with Gasteiger partial charge in [-0.15, -0.1) is 0 Å². The summed E-state index contributed by atoms with van der Waals surface area (Å²) in [6.45, 7) is 6.99. The Hall–Kier alpha value is -3.63. The summed E-state index contributed by atoms with van der Waals surface area (Å²) in [7, 11) is 2.50. The lowest BCUT2D eigenvalue weighted by Crippen LogP contribution is -2.39. The van der Waals surface area contributed by atoms with E-state index in [2.05, 4.69) is 23.6 Å². The summed E-state index contributed by atoms with van der Waals surface area (Å²) in [5.74, 6) is -3.35. The van der Waals surface area contributed by atoms with Crippen molar-refractivity contribution < 1.29 is 28.2 Å². The molecule has 0 spiro atoms. The van der Waals surface area contributed by atoms with Crippen LogP contribution in [0.2, 0.25) is 0 Å². The van der Waals surface area contributed by atoms with Crippen LogP contribution in [-0.4, -0.2) is 55.0 Å². The number of carbonyl (C=O) groups excluding carboxylic acids is 1. The van der Waals surface area contributed by atoms with E-state index in [9.17, 15) is 18.0 Å². The van der Waals surface area contributed by atoms with Crippen LogP contribution in [0.3, 0.4) is 0 Å². The lowest BCUT2D eigenvalue weighted by Gasteiger charge is -2.31. The van der Waals surface area contributed by atoms with Crippen LogP contribution >= 0.6 is 0 Å². The van der Waals surface area contributed by atoms with E-state index in [0.717, 1.165) is 13.2 Å². The van der Waals surface area contributed by atoms with Crippen molar-refractivity contribution in [2.45, 2.75) is 13.0 Å². The highest BCUT2D eigenvalue weighted by atomic mass is 19.2. The summed E-state index contributed by atoms with van der Waals surface area (Å²) in [6, 6.07) is 8.98. The highest BCUT2D eigenvalue weighted by Crippen LogP contribution is 2.29. The van der Waals surface area contributed by atoms with Crippen molar-refractivity contribution in [3.63, 3.8) is 0 Å². The van der Waals surface area contributed by atoms with Crippen molar-refractivity contribution in [3.05, 3.63) is 89.8 Å². The number of carbonyl (C=O) groups is 1. The molecule has 0 saturated carbocycles. The van der Waals surface area contributed by atoms with Gasteiger partial charge in [-0.3, -0.25) is 4.79 Å². The number of benzene rings is 2. The zero-order valence-corrected chi connectivity index (χ0v) is 19.1. The van der Waals surface area contributed by atoms with Gasteiger partial charge in [0.1, 0.15) is 5.82 Å². The summed E-state index contributed by atoms with van der Waals surface area (Å²) < 4.78 is 42.3. The first-order valence-electron chi connectivity index (χ1n) is 10.2. The first-order valence-corrected chi connectivity index (χ1v) is 10.2. The Bertz CT molecular complexity index is 997. The lowest BCUT2D eigenvalue weighted by atomic mass is 10.1. The highest BCUT2D eigenvalue weighted by Gasteiger charge is 2.29. The Kier molecular flexibility index (Phi) is 12.1. The van der Waals surface area contributed by atoms with Crippen LogP contribution < -0.4 is 10.2 Å². The topological polar surface area (TPSA) is 88.4 Å². The van der Waals surface area contributed by atoms with Crippen molar-refractivity contribution in [2.75, 3.05) is 32.2 Å². The van der Waals surface area contributed by atoms with Crippen molar-refractivity contribution in [3.8, 4) is 0 Å². The zero-order valence-electron chi connectivity index (χ0n) is 19.1. The van der Waals surface area contributed by atoms with Crippen molar-refractivity contribution >= 4 is 18.3 Å². The van der Waals surface area contributed by atoms with Crippen molar-refractivity contribution in [2.24, 2.45) is 4.99 Å². The van der Waals surface area contributed by atoms with E-state index in [0.29, 0.717) is 12.0 Å². The molecule has 3 N–H and O–H groups in total. The molecule has 184 valence electrons. The van der Waals surface area contributed by atoms with Gasteiger partial charge in [0.25, 0.3) is 5.91 Å².